The molecule has 2 aromatic rings. The third-order valence-electron chi connectivity index (χ3n) is 2.19. The van der Waals surface area contributed by atoms with E-state index in [1.54, 1.807) is 23.5 Å². The van der Waals surface area contributed by atoms with Crippen molar-refractivity contribution < 1.29 is 4.39 Å². The standard InChI is InChI=1S/C12H12FNS/c13-11-4-2-1-3-10(11)12-6-5-9(15-12)7-8-14/h1-6H,7-8,14H2. The number of rotatable bonds is 3. The molecule has 2 rings (SSSR count). The highest BCUT2D eigenvalue weighted by Gasteiger charge is 2.06. The molecule has 15 heavy (non-hydrogen) atoms. The molecular weight excluding hydrogens is 209 g/mol. The van der Waals surface area contributed by atoms with Crippen molar-refractivity contribution in [3.63, 3.8) is 0 Å². The van der Waals surface area contributed by atoms with E-state index in [0.717, 1.165) is 11.3 Å². The van der Waals surface area contributed by atoms with E-state index in [-0.39, 0.29) is 5.82 Å². The van der Waals surface area contributed by atoms with Gasteiger partial charge in [0.25, 0.3) is 0 Å². The van der Waals surface area contributed by atoms with Crippen LogP contribution >= 0.6 is 11.3 Å². The van der Waals surface area contributed by atoms with Gasteiger partial charge >= 0.3 is 0 Å². The first-order valence-corrected chi connectivity index (χ1v) is 5.66. The van der Waals surface area contributed by atoms with Crippen molar-refractivity contribution in [2.24, 2.45) is 5.73 Å². The molecule has 0 aliphatic rings. The van der Waals surface area contributed by atoms with Crippen LogP contribution in [0.3, 0.4) is 0 Å². The molecule has 0 spiro atoms. The van der Waals surface area contributed by atoms with Crippen LogP contribution in [0.25, 0.3) is 10.4 Å². The predicted molar refractivity (Wildman–Crippen MR) is 62.5 cm³/mol. The molecule has 0 bridgehead atoms. The van der Waals surface area contributed by atoms with E-state index >= 15 is 0 Å². The summed E-state index contributed by atoms with van der Waals surface area (Å²) in [6.45, 7) is 0.636. The van der Waals surface area contributed by atoms with E-state index in [1.807, 2.05) is 18.2 Å². The maximum Gasteiger partial charge on any atom is 0.131 e. The van der Waals surface area contributed by atoms with Crippen molar-refractivity contribution in [1.82, 2.24) is 0 Å². The summed E-state index contributed by atoms with van der Waals surface area (Å²) in [5.41, 5.74) is 6.14. The second-order valence-electron chi connectivity index (χ2n) is 3.28. The van der Waals surface area contributed by atoms with Crippen molar-refractivity contribution >= 4 is 11.3 Å². The van der Waals surface area contributed by atoms with E-state index in [0.29, 0.717) is 12.1 Å². The maximum absolute atomic E-state index is 13.5. The van der Waals surface area contributed by atoms with Gasteiger partial charge in [-0.2, -0.15) is 0 Å². The van der Waals surface area contributed by atoms with Crippen LogP contribution in [0, 0.1) is 5.82 Å². The zero-order valence-corrected chi connectivity index (χ0v) is 9.06. The van der Waals surface area contributed by atoms with Crippen molar-refractivity contribution in [2.45, 2.75) is 6.42 Å². The lowest BCUT2D eigenvalue weighted by atomic mass is 10.2. The third kappa shape index (κ3) is 2.25. The number of hydrogen-bond donors (Lipinski definition) is 1. The highest BCUT2D eigenvalue weighted by Crippen LogP contribution is 2.29. The molecule has 0 fully saturated rings. The Hall–Kier alpha value is -1.19. The highest BCUT2D eigenvalue weighted by molar-refractivity contribution is 7.15. The van der Waals surface area contributed by atoms with Crippen LogP contribution in [0.4, 0.5) is 4.39 Å². The van der Waals surface area contributed by atoms with Crippen molar-refractivity contribution in [3.05, 3.63) is 47.1 Å². The number of halogens is 1. The summed E-state index contributed by atoms with van der Waals surface area (Å²) in [4.78, 5) is 2.17. The Labute approximate surface area is 92.4 Å². The Balaban J connectivity index is 2.33. The number of thiophene rings is 1. The largest absolute Gasteiger partial charge is 0.330 e. The quantitative estimate of drug-likeness (QED) is 0.847. The van der Waals surface area contributed by atoms with Crippen LogP contribution < -0.4 is 5.73 Å². The van der Waals surface area contributed by atoms with Crippen molar-refractivity contribution in [3.8, 4) is 10.4 Å². The lowest BCUT2D eigenvalue weighted by molar-refractivity contribution is 0.631. The molecule has 0 saturated carbocycles. The molecule has 0 radical (unpaired) electrons. The van der Waals surface area contributed by atoms with Gasteiger partial charge in [-0.3, -0.25) is 0 Å². The molecule has 2 N–H and O–H groups in total. The Bertz CT molecular complexity index is 450. The maximum atomic E-state index is 13.5. The molecule has 0 saturated heterocycles. The fourth-order valence-corrected chi connectivity index (χ4v) is 2.51. The summed E-state index contributed by atoms with van der Waals surface area (Å²) in [6, 6.07) is 10.8. The Morgan fingerprint density at radius 1 is 1.13 bits per heavy atom. The molecule has 1 nitrogen and oxygen atoms in total. The molecular formula is C12H12FNS. The normalized spacial score (nSPS) is 10.5. The van der Waals surface area contributed by atoms with Crippen LogP contribution in [0.15, 0.2) is 36.4 Å². The molecule has 0 amide bonds. The molecule has 0 atom stereocenters. The minimum atomic E-state index is -0.168. The van der Waals surface area contributed by atoms with Crippen LogP contribution in [0.2, 0.25) is 0 Å². The lowest BCUT2D eigenvalue weighted by Crippen LogP contribution is -2.00. The van der Waals surface area contributed by atoms with Crippen LogP contribution in [0.1, 0.15) is 4.88 Å². The second-order valence-corrected chi connectivity index (χ2v) is 4.45. The van der Waals surface area contributed by atoms with Crippen LogP contribution in [-0.4, -0.2) is 6.54 Å². The second kappa shape index (κ2) is 4.55. The SMILES string of the molecule is NCCc1ccc(-c2ccccc2F)s1. The molecule has 1 aromatic heterocycles. The zero-order valence-electron chi connectivity index (χ0n) is 8.24. The minimum absolute atomic E-state index is 0.168. The smallest absolute Gasteiger partial charge is 0.131 e. The fraction of sp³-hybridized carbons (Fsp3) is 0.167. The summed E-state index contributed by atoms with van der Waals surface area (Å²) in [7, 11) is 0. The number of benzene rings is 1. The summed E-state index contributed by atoms with van der Waals surface area (Å²) < 4.78 is 13.5. The monoisotopic (exact) mass is 221 g/mol. The van der Waals surface area contributed by atoms with Gasteiger partial charge in [-0.05, 0) is 31.2 Å². The minimum Gasteiger partial charge on any atom is -0.330 e. The van der Waals surface area contributed by atoms with Gasteiger partial charge in [0.05, 0.1) is 0 Å². The summed E-state index contributed by atoms with van der Waals surface area (Å²) >= 11 is 1.60. The summed E-state index contributed by atoms with van der Waals surface area (Å²) in [5, 5.41) is 0. The van der Waals surface area contributed by atoms with E-state index in [4.69, 9.17) is 5.73 Å². The van der Waals surface area contributed by atoms with Crippen molar-refractivity contribution in [2.75, 3.05) is 6.54 Å². The van der Waals surface area contributed by atoms with Gasteiger partial charge < -0.3 is 5.73 Å². The molecule has 78 valence electrons. The molecule has 3 heteroatoms. The molecule has 0 unspecified atom stereocenters. The average molecular weight is 221 g/mol. The predicted octanol–water partition coefficient (Wildman–Crippen LogP) is 3.06. The van der Waals surface area contributed by atoms with Crippen LogP contribution in [-0.2, 0) is 6.42 Å². The molecule has 1 heterocycles. The Morgan fingerprint density at radius 2 is 1.93 bits per heavy atom. The van der Waals surface area contributed by atoms with Gasteiger partial charge in [-0.25, -0.2) is 4.39 Å². The van der Waals surface area contributed by atoms with Crippen LogP contribution in [0.5, 0.6) is 0 Å². The third-order valence-corrected chi connectivity index (χ3v) is 3.37. The Kier molecular flexibility index (Phi) is 3.14. The van der Waals surface area contributed by atoms with Gasteiger partial charge in [-0.1, -0.05) is 18.2 Å². The number of hydrogen-bond acceptors (Lipinski definition) is 2. The van der Waals surface area contributed by atoms with Gasteiger partial charge in [0, 0.05) is 15.3 Å². The van der Waals surface area contributed by atoms with E-state index < -0.39 is 0 Å². The van der Waals surface area contributed by atoms with E-state index in [9.17, 15) is 4.39 Å². The summed E-state index contributed by atoms with van der Waals surface area (Å²) in [5.74, 6) is -0.168. The first-order valence-electron chi connectivity index (χ1n) is 4.85. The first kappa shape index (κ1) is 10.3. The first-order chi connectivity index (χ1) is 7.31. The zero-order chi connectivity index (χ0) is 10.7. The highest BCUT2D eigenvalue weighted by atomic mass is 32.1. The lowest BCUT2D eigenvalue weighted by Gasteiger charge is -1.98. The van der Waals surface area contributed by atoms with Gasteiger partial charge in [-0.15, -0.1) is 11.3 Å². The molecule has 0 aliphatic heterocycles. The van der Waals surface area contributed by atoms with E-state index in [2.05, 4.69) is 0 Å². The van der Waals surface area contributed by atoms with Gasteiger partial charge in [0.15, 0.2) is 0 Å². The fourth-order valence-electron chi connectivity index (χ4n) is 1.46. The van der Waals surface area contributed by atoms with E-state index in [1.165, 1.54) is 10.9 Å². The van der Waals surface area contributed by atoms with Gasteiger partial charge in [0.1, 0.15) is 5.82 Å². The van der Waals surface area contributed by atoms with Crippen molar-refractivity contribution in [1.29, 1.82) is 0 Å². The summed E-state index contributed by atoms with van der Waals surface area (Å²) in [6.07, 6.45) is 0.860. The Morgan fingerprint density at radius 3 is 2.67 bits per heavy atom. The van der Waals surface area contributed by atoms with Gasteiger partial charge in [0.2, 0.25) is 0 Å². The molecule has 1 aromatic carbocycles. The number of nitrogens with two attached hydrogens (primary N) is 1. The average Bonchev–Trinajstić information content (AvgIpc) is 2.68. The topological polar surface area (TPSA) is 26.0 Å². The molecule has 0 aliphatic carbocycles.